The average molecular weight is 316 g/mol. The van der Waals surface area contributed by atoms with Gasteiger partial charge >= 0.3 is 6.03 Å². The molecule has 1 saturated heterocycles. The van der Waals surface area contributed by atoms with Crippen molar-refractivity contribution in [2.24, 2.45) is 5.92 Å². The molecule has 0 aromatic heterocycles. The van der Waals surface area contributed by atoms with E-state index < -0.39 is 14.6 Å². The molecule has 1 N–H and O–H groups in total. The van der Waals surface area contributed by atoms with Crippen molar-refractivity contribution in [1.82, 2.24) is 10.2 Å². The van der Waals surface area contributed by atoms with Gasteiger partial charge in [-0.05, 0) is 46.0 Å². The Kier molecular flexibility index (Phi) is 4.85. The maximum Gasteiger partial charge on any atom is 0.317 e. The Hall–Kier alpha value is -0.780. The van der Waals surface area contributed by atoms with Gasteiger partial charge in [0.25, 0.3) is 0 Å². The Labute approximate surface area is 128 Å². The molecule has 0 unspecified atom stereocenters. The molecule has 0 spiro atoms. The number of urea groups is 1. The predicted octanol–water partition coefficient (Wildman–Crippen LogP) is 2.17. The van der Waals surface area contributed by atoms with E-state index in [-0.39, 0.29) is 18.3 Å². The number of amides is 2. The van der Waals surface area contributed by atoms with Crippen LogP contribution in [-0.2, 0) is 9.84 Å². The average Bonchev–Trinajstić information content (AvgIpc) is 2.80. The third-order valence-corrected chi connectivity index (χ3v) is 7.46. The highest BCUT2D eigenvalue weighted by Gasteiger charge is 2.38. The Balaban J connectivity index is 1.83. The van der Waals surface area contributed by atoms with Gasteiger partial charge in [-0.3, -0.25) is 0 Å². The highest BCUT2D eigenvalue weighted by molar-refractivity contribution is 7.92. The van der Waals surface area contributed by atoms with Crippen LogP contribution in [0.25, 0.3) is 0 Å². The first-order valence-electron chi connectivity index (χ1n) is 7.99. The molecule has 0 aromatic rings. The molecule has 1 aliphatic heterocycles. The van der Waals surface area contributed by atoms with Crippen LogP contribution in [0.15, 0.2) is 0 Å². The normalized spacial score (nSPS) is 26.5. The number of rotatable bonds is 3. The lowest BCUT2D eigenvalue weighted by Gasteiger charge is -2.31. The molecule has 2 fully saturated rings. The van der Waals surface area contributed by atoms with Gasteiger partial charge in [0.1, 0.15) is 0 Å². The molecule has 2 rings (SSSR count). The van der Waals surface area contributed by atoms with Gasteiger partial charge in [-0.25, -0.2) is 13.2 Å². The maximum absolute atomic E-state index is 12.3. The van der Waals surface area contributed by atoms with E-state index in [9.17, 15) is 13.2 Å². The van der Waals surface area contributed by atoms with Gasteiger partial charge in [0.15, 0.2) is 9.84 Å². The van der Waals surface area contributed by atoms with Crippen LogP contribution in [0.3, 0.4) is 0 Å². The number of nitrogens with one attached hydrogen (secondary N) is 1. The smallest absolute Gasteiger partial charge is 0.317 e. The minimum absolute atomic E-state index is 0.00414. The summed E-state index contributed by atoms with van der Waals surface area (Å²) in [6.45, 7) is 6.09. The molecule has 1 saturated carbocycles. The Morgan fingerprint density at radius 2 is 1.86 bits per heavy atom. The monoisotopic (exact) mass is 316 g/mol. The summed E-state index contributed by atoms with van der Waals surface area (Å²) < 4.78 is 23.3. The topological polar surface area (TPSA) is 66.5 Å². The first-order valence-corrected chi connectivity index (χ1v) is 9.64. The number of hydrogen-bond donors (Lipinski definition) is 1. The molecule has 1 heterocycles. The molecule has 2 atom stereocenters. The first-order chi connectivity index (χ1) is 9.72. The molecule has 122 valence electrons. The van der Waals surface area contributed by atoms with Crippen LogP contribution in [0.1, 0.15) is 52.9 Å². The summed E-state index contributed by atoms with van der Waals surface area (Å²) in [6.07, 6.45) is 5.90. The number of fused-ring (bicyclic) bond motifs is 1. The Morgan fingerprint density at radius 1 is 1.19 bits per heavy atom. The van der Waals surface area contributed by atoms with Gasteiger partial charge in [-0.1, -0.05) is 12.8 Å². The predicted molar refractivity (Wildman–Crippen MR) is 84.0 cm³/mol. The van der Waals surface area contributed by atoms with Gasteiger partial charge in [-0.15, -0.1) is 0 Å². The lowest BCUT2D eigenvalue weighted by Crippen LogP contribution is -2.46. The zero-order chi connectivity index (χ0) is 15.7. The molecule has 2 aliphatic rings. The lowest BCUT2D eigenvalue weighted by molar-refractivity contribution is 0.170. The summed E-state index contributed by atoms with van der Waals surface area (Å²) >= 11 is 0. The van der Waals surface area contributed by atoms with Crippen LogP contribution in [-0.4, -0.2) is 49.0 Å². The quantitative estimate of drug-likeness (QED) is 0.868. The molecule has 21 heavy (non-hydrogen) atoms. The third kappa shape index (κ3) is 3.71. The SMILES string of the molecule is CC(C)(C)S(=O)(=O)CCNC(=O)N1CC[C@@H]2CCCC[C@@H]21. The van der Waals surface area contributed by atoms with Crippen LogP contribution in [0.2, 0.25) is 0 Å². The van der Waals surface area contributed by atoms with E-state index in [1.165, 1.54) is 19.3 Å². The molecule has 0 bridgehead atoms. The van der Waals surface area contributed by atoms with Gasteiger partial charge in [0, 0.05) is 19.1 Å². The number of nitrogens with zero attached hydrogens (tertiary/aromatic N) is 1. The molecule has 1 aliphatic carbocycles. The summed E-state index contributed by atoms with van der Waals surface area (Å²) in [5, 5.41) is 2.79. The van der Waals surface area contributed by atoms with Gasteiger partial charge in [0.2, 0.25) is 0 Å². The van der Waals surface area contributed by atoms with Crippen molar-refractivity contribution in [3.05, 3.63) is 0 Å². The largest absolute Gasteiger partial charge is 0.337 e. The van der Waals surface area contributed by atoms with Crippen molar-refractivity contribution in [3.8, 4) is 0 Å². The van der Waals surface area contributed by atoms with Gasteiger partial charge < -0.3 is 10.2 Å². The molecule has 6 heteroatoms. The van der Waals surface area contributed by atoms with Crippen LogP contribution >= 0.6 is 0 Å². The van der Waals surface area contributed by atoms with Crippen molar-refractivity contribution in [1.29, 1.82) is 0 Å². The van der Waals surface area contributed by atoms with Crippen molar-refractivity contribution in [3.63, 3.8) is 0 Å². The first kappa shape index (κ1) is 16.6. The summed E-state index contributed by atoms with van der Waals surface area (Å²) in [5.74, 6) is 0.660. The van der Waals surface area contributed by atoms with E-state index in [2.05, 4.69) is 5.32 Å². The zero-order valence-electron chi connectivity index (χ0n) is 13.4. The summed E-state index contributed by atoms with van der Waals surface area (Å²) in [6, 6.07) is 0.284. The Morgan fingerprint density at radius 3 is 2.52 bits per heavy atom. The number of likely N-dealkylation sites (tertiary alicyclic amines) is 1. The molecular formula is C15H28N2O3S. The molecular weight excluding hydrogens is 288 g/mol. The minimum Gasteiger partial charge on any atom is -0.337 e. The van der Waals surface area contributed by atoms with E-state index in [0.29, 0.717) is 12.0 Å². The van der Waals surface area contributed by atoms with Crippen LogP contribution in [0, 0.1) is 5.92 Å². The van der Waals surface area contributed by atoms with Gasteiger partial charge in [-0.2, -0.15) is 0 Å². The minimum atomic E-state index is -3.17. The second-order valence-electron chi connectivity index (χ2n) is 7.26. The van der Waals surface area contributed by atoms with Crippen LogP contribution in [0.4, 0.5) is 4.79 Å². The summed E-state index contributed by atoms with van der Waals surface area (Å²) in [7, 11) is -3.17. The zero-order valence-corrected chi connectivity index (χ0v) is 14.2. The van der Waals surface area contributed by atoms with Crippen LogP contribution < -0.4 is 5.32 Å². The van der Waals surface area contributed by atoms with E-state index in [4.69, 9.17) is 0 Å². The second-order valence-corrected chi connectivity index (χ2v) is 10.1. The maximum atomic E-state index is 12.3. The van der Waals surface area contributed by atoms with E-state index in [0.717, 1.165) is 19.4 Å². The fourth-order valence-electron chi connectivity index (χ4n) is 3.36. The number of carbonyl (C=O) groups is 1. The van der Waals surface area contributed by atoms with Crippen molar-refractivity contribution in [2.45, 2.75) is 63.7 Å². The van der Waals surface area contributed by atoms with Crippen molar-refractivity contribution >= 4 is 15.9 Å². The van der Waals surface area contributed by atoms with E-state index >= 15 is 0 Å². The molecule has 5 nitrogen and oxygen atoms in total. The molecule has 0 radical (unpaired) electrons. The second kappa shape index (κ2) is 6.15. The number of sulfone groups is 1. The number of carbonyl (C=O) groups excluding carboxylic acids is 1. The van der Waals surface area contributed by atoms with E-state index in [1.807, 2.05) is 4.90 Å². The fraction of sp³-hybridized carbons (Fsp3) is 0.933. The fourth-order valence-corrected chi connectivity index (χ4v) is 4.34. The van der Waals surface area contributed by atoms with Crippen molar-refractivity contribution < 1.29 is 13.2 Å². The summed E-state index contributed by atoms with van der Waals surface area (Å²) in [4.78, 5) is 14.2. The van der Waals surface area contributed by atoms with Gasteiger partial charge in [0.05, 0.1) is 10.5 Å². The van der Waals surface area contributed by atoms with E-state index in [1.54, 1.807) is 20.8 Å². The summed E-state index contributed by atoms with van der Waals surface area (Å²) in [5.41, 5.74) is 0. The van der Waals surface area contributed by atoms with Crippen molar-refractivity contribution in [2.75, 3.05) is 18.8 Å². The Bertz CT molecular complexity index is 482. The molecule has 0 aromatic carbocycles. The standard InChI is InChI=1S/C15H28N2O3S/c1-15(2,3)21(19,20)11-9-16-14(18)17-10-8-12-6-4-5-7-13(12)17/h12-13H,4-11H2,1-3H3,(H,16,18)/t12-,13-/m0/s1. The third-order valence-electron chi connectivity index (χ3n) is 4.85. The highest BCUT2D eigenvalue weighted by Crippen LogP contribution is 2.35. The molecule has 2 amide bonds. The number of hydrogen-bond acceptors (Lipinski definition) is 3. The lowest BCUT2D eigenvalue weighted by atomic mass is 9.85. The van der Waals surface area contributed by atoms with Crippen LogP contribution in [0.5, 0.6) is 0 Å². The highest BCUT2D eigenvalue weighted by atomic mass is 32.2.